The van der Waals surface area contributed by atoms with Gasteiger partial charge in [-0.15, -0.1) is 0 Å². The molecule has 0 aliphatic carbocycles. The van der Waals surface area contributed by atoms with Crippen LogP contribution in [0.15, 0.2) is 109 Å². The second kappa shape index (κ2) is 9.45. The third-order valence-corrected chi connectivity index (χ3v) is 4.53. The van der Waals surface area contributed by atoms with Gasteiger partial charge in [0.15, 0.2) is 0 Å². The van der Waals surface area contributed by atoms with Crippen LogP contribution in [-0.2, 0) is 0 Å². The predicted octanol–water partition coefficient (Wildman–Crippen LogP) is 7.13. The molecule has 0 saturated heterocycles. The lowest BCUT2D eigenvalue weighted by Crippen LogP contribution is -1.99. The van der Waals surface area contributed by atoms with E-state index in [0.29, 0.717) is 5.75 Å². The first-order valence-electron chi connectivity index (χ1n) is 9.70. The lowest BCUT2D eigenvalue weighted by Gasteiger charge is -2.13. The van der Waals surface area contributed by atoms with Crippen molar-refractivity contribution in [1.29, 1.82) is 5.26 Å². The van der Waals surface area contributed by atoms with Gasteiger partial charge in [-0.25, -0.2) is 0 Å². The van der Waals surface area contributed by atoms with E-state index in [1.54, 1.807) is 0 Å². The zero-order valence-corrected chi connectivity index (χ0v) is 16.3. The Kier molecular flexibility index (Phi) is 6.08. The van der Waals surface area contributed by atoms with Gasteiger partial charge < -0.3 is 9.47 Å². The molecule has 4 rings (SSSR count). The molecule has 0 amide bonds. The predicted molar refractivity (Wildman–Crippen MR) is 118 cm³/mol. The second-order valence-corrected chi connectivity index (χ2v) is 6.75. The third-order valence-electron chi connectivity index (χ3n) is 4.53. The van der Waals surface area contributed by atoms with E-state index in [-0.39, 0.29) is 0 Å². The van der Waals surface area contributed by atoms with Crippen molar-refractivity contribution in [2.75, 3.05) is 0 Å². The minimum absolute atomic E-state index is 0.406. The Morgan fingerprint density at radius 2 is 1.13 bits per heavy atom. The van der Waals surface area contributed by atoms with Crippen LogP contribution in [0.25, 0.3) is 0 Å². The molecule has 0 aliphatic heterocycles. The van der Waals surface area contributed by atoms with Crippen LogP contribution in [0.4, 0.5) is 0 Å². The van der Waals surface area contributed by atoms with Crippen molar-refractivity contribution in [2.45, 2.75) is 5.92 Å². The second-order valence-electron chi connectivity index (χ2n) is 6.75. The summed E-state index contributed by atoms with van der Waals surface area (Å²) in [5.74, 6) is 2.56. The van der Waals surface area contributed by atoms with Crippen molar-refractivity contribution in [3.8, 4) is 29.1 Å². The van der Waals surface area contributed by atoms with Crippen molar-refractivity contribution in [1.82, 2.24) is 0 Å². The van der Waals surface area contributed by atoms with E-state index in [1.165, 1.54) is 0 Å². The van der Waals surface area contributed by atoms with Crippen molar-refractivity contribution in [3.63, 3.8) is 0 Å². The molecular weight excluding hydrogens is 370 g/mol. The number of para-hydroxylation sites is 2. The maximum atomic E-state index is 9.77. The van der Waals surface area contributed by atoms with Gasteiger partial charge in [0, 0.05) is 6.42 Å². The molecule has 4 aromatic rings. The molecule has 30 heavy (non-hydrogen) atoms. The summed E-state index contributed by atoms with van der Waals surface area (Å²) < 4.78 is 11.8. The van der Waals surface area contributed by atoms with Gasteiger partial charge in [-0.05, 0) is 59.7 Å². The number of nitrogens with zero attached hydrogens (tertiary/aromatic N) is 1. The zero-order valence-electron chi connectivity index (χ0n) is 16.3. The number of benzene rings is 4. The topological polar surface area (TPSA) is 42.2 Å². The van der Waals surface area contributed by atoms with Crippen LogP contribution in [0.2, 0.25) is 0 Å². The van der Waals surface area contributed by atoms with Crippen LogP contribution >= 0.6 is 0 Å². The van der Waals surface area contributed by atoms with Gasteiger partial charge in [0.05, 0.1) is 12.0 Å². The molecule has 0 saturated carbocycles. The average molecular weight is 390 g/mol. The fourth-order valence-electron chi connectivity index (χ4n) is 3.10. The Bertz CT molecular complexity index is 1130. The molecule has 1 atom stereocenters. The van der Waals surface area contributed by atoms with Gasteiger partial charge in [-0.1, -0.05) is 60.7 Å². The molecule has 0 N–H and O–H groups in total. The standard InChI is InChI=1S/C27H20NO2/c28-20-23(22-10-8-16-27(19-22)30-25-13-5-2-6-14-25)17-21-9-7-15-26(18-21)29-24-11-3-1-4-12-24/h1-19,23H. The Morgan fingerprint density at radius 1 is 0.600 bits per heavy atom. The minimum atomic E-state index is -0.406. The highest BCUT2D eigenvalue weighted by molar-refractivity contribution is 5.43. The summed E-state index contributed by atoms with van der Waals surface area (Å²) in [5.41, 5.74) is 1.80. The summed E-state index contributed by atoms with van der Waals surface area (Å²) in [5, 5.41) is 9.77. The molecule has 0 aliphatic rings. The van der Waals surface area contributed by atoms with E-state index in [9.17, 15) is 5.26 Å². The normalized spacial score (nSPS) is 11.3. The van der Waals surface area contributed by atoms with Gasteiger partial charge in [-0.3, -0.25) is 0 Å². The van der Waals surface area contributed by atoms with Gasteiger partial charge >= 0.3 is 0 Å². The van der Waals surface area contributed by atoms with Crippen molar-refractivity contribution < 1.29 is 9.47 Å². The Morgan fingerprint density at radius 3 is 1.73 bits per heavy atom. The van der Waals surface area contributed by atoms with E-state index < -0.39 is 5.92 Å². The van der Waals surface area contributed by atoms with E-state index in [0.717, 1.165) is 28.4 Å². The van der Waals surface area contributed by atoms with E-state index in [4.69, 9.17) is 9.47 Å². The number of hydrogen-bond acceptors (Lipinski definition) is 3. The summed E-state index contributed by atoms with van der Waals surface area (Å²) in [7, 11) is 0. The Balaban J connectivity index is 1.49. The molecule has 0 aromatic heterocycles. The lowest BCUT2D eigenvalue weighted by molar-refractivity contribution is 0.481. The van der Waals surface area contributed by atoms with Gasteiger partial charge in [0.2, 0.25) is 0 Å². The largest absolute Gasteiger partial charge is 0.457 e. The van der Waals surface area contributed by atoms with Crippen molar-refractivity contribution in [3.05, 3.63) is 127 Å². The maximum absolute atomic E-state index is 9.77. The summed E-state index contributed by atoms with van der Waals surface area (Å²) in [6.07, 6.45) is 1.93. The Hall–Kier alpha value is -4.03. The molecule has 0 bridgehead atoms. The first kappa shape index (κ1) is 19.3. The summed E-state index contributed by atoms with van der Waals surface area (Å²) in [6, 6.07) is 37.0. The van der Waals surface area contributed by atoms with Crippen molar-refractivity contribution >= 4 is 0 Å². The number of ether oxygens (including phenoxy) is 2. The van der Waals surface area contributed by atoms with Crippen LogP contribution in [0.5, 0.6) is 23.0 Å². The van der Waals surface area contributed by atoms with Crippen LogP contribution in [0.1, 0.15) is 17.0 Å². The third kappa shape index (κ3) is 5.06. The van der Waals surface area contributed by atoms with Crippen LogP contribution < -0.4 is 9.47 Å². The van der Waals surface area contributed by atoms with Gasteiger partial charge in [0.1, 0.15) is 23.0 Å². The zero-order chi connectivity index (χ0) is 20.6. The summed E-state index contributed by atoms with van der Waals surface area (Å²) >= 11 is 0. The molecule has 4 aromatic carbocycles. The van der Waals surface area contributed by atoms with Gasteiger partial charge in [0.25, 0.3) is 0 Å². The number of nitriles is 1. The molecule has 145 valence electrons. The van der Waals surface area contributed by atoms with E-state index >= 15 is 0 Å². The van der Waals surface area contributed by atoms with Crippen LogP contribution in [-0.4, -0.2) is 0 Å². The quantitative estimate of drug-likeness (QED) is 0.337. The monoisotopic (exact) mass is 390 g/mol. The van der Waals surface area contributed by atoms with Crippen LogP contribution in [0, 0.1) is 17.8 Å². The van der Waals surface area contributed by atoms with E-state index in [2.05, 4.69) is 6.07 Å². The first-order chi connectivity index (χ1) is 14.8. The number of hydrogen-bond donors (Lipinski definition) is 0. The molecule has 1 unspecified atom stereocenters. The summed E-state index contributed by atoms with van der Waals surface area (Å²) in [4.78, 5) is 0. The molecule has 0 spiro atoms. The SMILES string of the molecule is N#CC([CH]c1cccc(Oc2ccccc2)c1)c1cccc(Oc2ccccc2)c1. The molecule has 3 nitrogen and oxygen atoms in total. The average Bonchev–Trinajstić information content (AvgIpc) is 2.79. The van der Waals surface area contributed by atoms with Gasteiger partial charge in [-0.2, -0.15) is 5.26 Å². The highest BCUT2D eigenvalue weighted by Gasteiger charge is 2.14. The highest BCUT2D eigenvalue weighted by Crippen LogP contribution is 2.30. The Labute approximate surface area is 176 Å². The number of rotatable bonds is 7. The lowest BCUT2D eigenvalue weighted by atomic mass is 9.93. The molecular formula is C27H20NO2. The van der Waals surface area contributed by atoms with Crippen molar-refractivity contribution in [2.24, 2.45) is 0 Å². The molecule has 0 heterocycles. The smallest absolute Gasteiger partial charge is 0.127 e. The first-order valence-corrected chi connectivity index (χ1v) is 9.70. The fraction of sp³-hybridized carbons (Fsp3) is 0.0370. The summed E-state index contributed by atoms with van der Waals surface area (Å²) in [6.45, 7) is 0. The van der Waals surface area contributed by atoms with Crippen LogP contribution in [0.3, 0.4) is 0 Å². The molecule has 1 radical (unpaired) electrons. The highest BCUT2D eigenvalue weighted by atomic mass is 16.5. The fourth-order valence-corrected chi connectivity index (χ4v) is 3.10. The van der Waals surface area contributed by atoms with E-state index in [1.807, 2.05) is 116 Å². The minimum Gasteiger partial charge on any atom is -0.457 e. The maximum Gasteiger partial charge on any atom is 0.127 e. The molecule has 3 heteroatoms. The molecule has 0 fully saturated rings.